The fourth-order valence-corrected chi connectivity index (χ4v) is 3.43. The summed E-state index contributed by atoms with van der Waals surface area (Å²) in [6.07, 6.45) is 1.61. The molecule has 0 aliphatic carbocycles. The number of nitrogens with zero attached hydrogens (tertiary/aromatic N) is 3. The number of fused-ring (bicyclic) bond motifs is 1. The molecule has 2 aromatic heterocycles. The zero-order valence-electron chi connectivity index (χ0n) is 10.8. The Morgan fingerprint density at radius 1 is 1.50 bits per heavy atom. The number of aliphatic hydroxyl groups is 2. The molecule has 2 aromatic rings. The van der Waals surface area contributed by atoms with Crippen LogP contribution in [0.4, 0.5) is 5.82 Å². The van der Waals surface area contributed by atoms with Crippen molar-refractivity contribution in [3.05, 3.63) is 16.1 Å². The molecule has 7 nitrogen and oxygen atoms in total. The van der Waals surface area contributed by atoms with Gasteiger partial charge in [0.1, 0.15) is 30.1 Å². The highest BCUT2D eigenvalue weighted by atomic mass is 127. The Morgan fingerprint density at radius 3 is 2.90 bits per heavy atom. The lowest BCUT2D eigenvalue weighted by Crippen LogP contribution is -2.28. The molecule has 1 aliphatic heterocycles. The average Bonchev–Trinajstić information content (AvgIpc) is 2.90. The number of rotatable bonds is 2. The first-order valence-electron chi connectivity index (χ1n) is 6.25. The number of aliphatic hydroxyl groups excluding tert-OH is 2. The predicted octanol–water partition coefficient (Wildman–Crippen LogP) is 0.505. The number of ether oxygens (including phenoxy) is 1. The molecule has 1 saturated heterocycles. The van der Waals surface area contributed by atoms with Gasteiger partial charge in [-0.3, -0.25) is 0 Å². The van der Waals surface area contributed by atoms with E-state index in [0.29, 0.717) is 11.5 Å². The van der Waals surface area contributed by atoms with Crippen LogP contribution in [0.3, 0.4) is 0 Å². The van der Waals surface area contributed by atoms with Gasteiger partial charge in [0.05, 0.1) is 18.1 Å². The van der Waals surface area contributed by atoms with E-state index in [1.54, 1.807) is 0 Å². The molecule has 108 valence electrons. The molecule has 4 atom stereocenters. The lowest BCUT2D eigenvalue weighted by atomic mass is 10.0. The van der Waals surface area contributed by atoms with E-state index in [4.69, 9.17) is 10.5 Å². The van der Waals surface area contributed by atoms with Crippen LogP contribution in [-0.2, 0) is 4.74 Å². The van der Waals surface area contributed by atoms with Crippen molar-refractivity contribution in [3.8, 4) is 0 Å². The quantitative estimate of drug-likeness (QED) is 0.646. The number of halogens is 1. The molecule has 0 saturated carbocycles. The van der Waals surface area contributed by atoms with Crippen LogP contribution >= 0.6 is 22.6 Å². The summed E-state index contributed by atoms with van der Waals surface area (Å²) in [7, 11) is 0. The number of anilines is 1. The fraction of sp³-hybridized carbons (Fsp3) is 0.500. The Hall–Kier alpha value is -0.970. The second kappa shape index (κ2) is 5.10. The normalized spacial score (nSPS) is 30.2. The second-order valence-electron chi connectivity index (χ2n) is 4.94. The third-order valence-corrected chi connectivity index (χ3v) is 4.55. The van der Waals surface area contributed by atoms with Gasteiger partial charge in [-0.25, -0.2) is 9.97 Å². The summed E-state index contributed by atoms with van der Waals surface area (Å²) in [4.78, 5) is 8.25. The Morgan fingerprint density at radius 2 is 2.25 bits per heavy atom. The smallest absolute Gasteiger partial charge is 0.148 e. The van der Waals surface area contributed by atoms with Crippen LogP contribution in [0, 0.1) is 9.49 Å². The van der Waals surface area contributed by atoms with E-state index in [0.717, 1.165) is 8.96 Å². The van der Waals surface area contributed by atoms with Gasteiger partial charge in [0.25, 0.3) is 0 Å². The predicted molar refractivity (Wildman–Crippen MR) is 80.8 cm³/mol. The van der Waals surface area contributed by atoms with Crippen molar-refractivity contribution in [2.24, 2.45) is 5.92 Å². The Kier molecular flexibility index (Phi) is 3.56. The summed E-state index contributed by atoms with van der Waals surface area (Å²) in [5.41, 5.74) is 6.56. The Labute approximate surface area is 128 Å². The first-order valence-corrected chi connectivity index (χ1v) is 7.33. The first kappa shape index (κ1) is 14.0. The summed E-state index contributed by atoms with van der Waals surface area (Å²) in [5.74, 6) is 0.262. The van der Waals surface area contributed by atoms with Gasteiger partial charge in [-0.2, -0.15) is 0 Å². The van der Waals surface area contributed by atoms with Crippen molar-refractivity contribution in [2.45, 2.75) is 25.4 Å². The molecule has 4 N–H and O–H groups in total. The minimum absolute atomic E-state index is 0.158. The van der Waals surface area contributed by atoms with E-state index in [9.17, 15) is 10.2 Å². The summed E-state index contributed by atoms with van der Waals surface area (Å²) in [5, 5.41) is 20.1. The van der Waals surface area contributed by atoms with Crippen molar-refractivity contribution >= 4 is 39.4 Å². The molecule has 0 spiro atoms. The maximum absolute atomic E-state index is 10.1. The number of aromatic nitrogens is 3. The van der Waals surface area contributed by atoms with E-state index in [1.807, 2.05) is 17.7 Å². The highest BCUT2D eigenvalue weighted by Crippen LogP contribution is 2.38. The zero-order valence-corrected chi connectivity index (χ0v) is 12.9. The van der Waals surface area contributed by atoms with Crippen LogP contribution in [0.15, 0.2) is 12.5 Å². The number of hydrogen-bond acceptors (Lipinski definition) is 6. The van der Waals surface area contributed by atoms with Gasteiger partial charge in [-0.15, -0.1) is 0 Å². The van der Waals surface area contributed by atoms with Gasteiger partial charge < -0.3 is 25.3 Å². The number of nitrogens with two attached hydrogens (primary N) is 1. The molecular formula is C12H15IN4O3. The van der Waals surface area contributed by atoms with Crippen molar-refractivity contribution in [2.75, 3.05) is 12.3 Å². The van der Waals surface area contributed by atoms with Gasteiger partial charge in [-0.1, -0.05) is 6.92 Å². The van der Waals surface area contributed by atoms with E-state index in [2.05, 4.69) is 32.6 Å². The van der Waals surface area contributed by atoms with E-state index >= 15 is 0 Å². The molecule has 3 unspecified atom stereocenters. The molecule has 1 aliphatic rings. The van der Waals surface area contributed by atoms with Crippen LogP contribution < -0.4 is 5.73 Å². The van der Waals surface area contributed by atoms with Crippen LogP contribution in [0.2, 0.25) is 0 Å². The summed E-state index contributed by atoms with van der Waals surface area (Å²) in [6, 6.07) is 0. The van der Waals surface area contributed by atoms with Gasteiger partial charge in [0.2, 0.25) is 0 Å². The van der Waals surface area contributed by atoms with Crippen LogP contribution in [0.25, 0.3) is 11.0 Å². The van der Waals surface area contributed by atoms with Crippen LogP contribution in [-0.4, -0.2) is 43.6 Å². The molecule has 3 heterocycles. The minimum Gasteiger partial charge on any atom is -0.394 e. The number of nitrogen functional groups attached to an aromatic ring is 1. The molecule has 0 amide bonds. The van der Waals surface area contributed by atoms with E-state index < -0.39 is 12.2 Å². The lowest BCUT2D eigenvalue weighted by Gasteiger charge is -2.18. The fourth-order valence-electron chi connectivity index (χ4n) is 2.62. The highest BCUT2D eigenvalue weighted by Gasteiger charge is 2.42. The van der Waals surface area contributed by atoms with Gasteiger partial charge in [0, 0.05) is 15.7 Å². The first-order chi connectivity index (χ1) is 9.54. The van der Waals surface area contributed by atoms with Crippen LogP contribution in [0.1, 0.15) is 13.2 Å². The molecule has 1 fully saturated rings. The third-order valence-electron chi connectivity index (χ3n) is 3.73. The average molecular weight is 390 g/mol. The maximum Gasteiger partial charge on any atom is 0.148 e. The van der Waals surface area contributed by atoms with Gasteiger partial charge in [0.15, 0.2) is 0 Å². The maximum atomic E-state index is 10.1. The Bertz CT molecular complexity index is 647. The monoisotopic (exact) mass is 390 g/mol. The standard InChI is InChI=1S/C12H15IN4O3/c1-5-9(19)7(3-18)20-12(5)17-2-6(13)8-10(14)15-4-16-11(8)17/h2,4-5,7,9,12,18-19H,3H2,1H3,(H2,14,15,16)/t5-,7?,9?,12?/m0/s1. The summed E-state index contributed by atoms with van der Waals surface area (Å²) >= 11 is 2.17. The van der Waals surface area contributed by atoms with Crippen molar-refractivity contribution in [3.63, 3.8) is 0 Å². The van der Waals surface area contributed by atoms with Crippen LogP contribution in [0.5, 0.6) is 0 Å². The Balaban J connectivity index is 2.10. The minimum atomic E-state index is -0.709. The van der Waals surface area contributed by atoms with E-state index in [-0.39, 0.29) is 18.8 Å². The second-order valence-corrected chi connectivity index (χ2v) is 6.10. The van der Waals surface area contributed by atoms with Crippen molar-refractivity contribution < 1.29 is 14.9 Å². The van der Waals surface area contributed by atoms with E-state index in [1.165, 1.54) is 6.33 Å². The molecule has 8 heteroatoms. The lowest BCUT2D eigenvalue weighted by molar-refractivity contribution is -0.0445. The molecular weight excluding hydrogens is 375 g/mol. The summed E-state index contributed by atoms with van der Waals surface area (Å²) in [6.45, 7) is 1.67. The molecule has 20 heavy (non-hydrogen) atoms. The van der Waals surface area contributed by atoms with Gasteiger partial charge >= 0.3 is 0 Å². The molecule has 3 rings (SSSR count). The van der Waals surface area contributed by atoms with Crippen molar-refractivity contribution in [1.82, 2.24) is 14.5 Å². The topological polar surface area (TPSA) is 106 Å². The SMILES string of the molecule is C[C@H]1C(O)C(CO)OC1n1cc(I)c2c(N)ncnc21. The van der Waals surface area contributed by atoms with Crippen molar-refractivity contribution in [1.29, 1.82) is 0 Å². The molecule has 0 aromatic carbocycles. The summed E-state index contributed by atoms with van der Waals surface area (Å²) < 4.78 is 8.51. The highest BCUT2D eigenvalue weighted by molar-refractivity contribution is 14.1. The third kappa shape index (κ3) is 1.98. The zero-order chi connectivity index (χ0) is 14.4. The van der Waals surface area contributed by atoms with Gasteiger partial charge in [-0.05, 0) is 22.6 Å². The largest absolute Gasteiger partial charge is 0.394 e. The molecule has 0 bridgehead atoms. The number of hydrogen-bond donors (Lipinski definition) is 3. The molecule has 0 radical (unpaired) electrons.